The largest absolute Gasteiger partial charge is 0.467 e. The van der Waals surface area contributed by atoms with Crippen molar-refractivity contribution in [2.24, 2.45) is 5.92 Å². The minimum atomic E-state index is -3.95. The lowest BCUT2D eigenvalue weighted by molar-refractivity contribution is -0.144. The van der Waals surface area contributed by atoms with E-state index in [9.17, 15) is 22.8 Å². The Morgan fingerprint density at radius 1 is 1.07 bits per heavy atom. The highest BCUT2D eigenvalue weighted by Gasteiger charge is 2.35. The molecule has 0 aliphatic carbocycles. The number of rotatable bonds is 5. The van der Waals surface area contributed by atoms with E-state index < -0.39 is 33.5 Å². The highest BCUT2D eigenvalue weighted by atomic mass is 32.2. The summed E-state index contributed by atoms with van der Waals surface area (Å²) in [6, 6.07) is 8.99. The van der Waals surface area contributed by atoms with Crippen molar-refractivity contribution in [1.29, 1.82) is 0 Å². The first-order valence-electron chi connectivity index (χ1n) is 9.14. The van der Waals surface area contributed by atoms with Gasteiger partial charge in [-0.2, -0.15) is 0 Å². The van der Waals surface area contributed by atoms with Crippen molar-refractivity contribution in [2.75, 3.05) is 7.11 Å². The van der Waals surface area contributed by atoms with Crippen LogP contribution in [0.3, 0.4) is 0 Å². The van der Waals surface area contributed by atoms with Gasteiger partial charge in [0, 0.05) is 16.7 Å². The Labute approximate surface area is 169 Å². The van der Waals surface area contributed by atoms with Crippen molar-refractivity contribution in [1.82, 2.24) is 5.32 Å². The molecule has 1 aliphatic heterocycles. The summed E-state index contributed by atoms with van der Waals surface area (Å²) in [5, 5.41) is 2.61. The molecule has 1 heterocycles. The van der Waals surface area contributed by atoms with E-state index in [1.807, 2.05) is 6.92 Å². The van der Waals surface area contributed by atoms with E-state index in [2.05, 4.69) is 5.32 Å². The first kappa shape index (κ1) is 20.7. The Morgan fingerprint density at radius 2 is 1.72 bits per heavy atom. The molecule has 1 amide bonds. The van der Waals surface area contributed by atoms with E-state index in [-0.39, 0.29) is 32.4 Å². The third-order valence-electron chi connectivity index (χ3n) is 5.15. The molecule has 0 radical (unpaired) electrons. The molecule has 0 saturated carbocycles. The molecule has 1 aliphatic rings. The number of fused-ring (bicyclic) bond motifs is 2. The topological polar surface area (TPSA) is 107 Å². The second-order valence-electron chi connectivity index (χ2n) is 6.90. The monoisotopic (exact) mass is 415 g/mol. The highest BCUT2D eigenvalue weighted by Crippen LogP contribution is 2.34. The van der Waals surface area contributed by atoms with Crippen LogP contribution in [-0.4, -0.2) is 39.2 Å². The fourth-order valence-electron chi connectivity index (χ4n) is 3.25. The van der Waals surface area contributed by atoms with Gasteiger partial charge in [-0.3, -0.25) is 9.59 Å². The third-order valence-corrected chi connectivity index (χ3v) is 7.01. The first-order chi connectivity index (χ1) is 13.7. The van der Waals surface area contributed by atoms with Gasteiger partial charge in [-0.25, -0.2) is 13.2 Å². The van der Waals surface area contributed by atoms with Crippen LogP contribution < -0.4 is 5.32 Å². The molecule has 152 valence electrons. The molecule has 2 atom stereocenters. The van der Waals surface area contributed by atoms with E-state index in [0.29, 0.717) is 6.42 Å². The van der Waals surface area contributed by atoms with Gasteiger partial charge in [0.2, 0.25) is 9.84 Å². The number of carbonyl (C=O) groups excluding carboxylic acids is 3. The van der Waals surface area contributed by atoms with Crippen LogP contribution in [0.2, 0.25) is 0 Å². The fourth-order valence-corrected chi connectivity index (χ4v) is 4.92. The van der Waals surface area contributed by atoms with Crippen molar-refractivity contribution in [3.63, 3.8) is 0 Å². The highest BCUT2D eigenvalue weighted by molar-refractivity contribution is 7.91. The number of carbonyl (C=O) groups is 3. The molecule has 7 nitrogen and oxygen atoms in total. The first-order valence-corrected chi connectivity index (χ1v) is 10.6. The molecule has 0 fully saturated rings. The maximum atomic E-state index is 13.0. The van der Waals surface area contributed by atoms with Crippen LogP contribution in [-0.2, 0) is 19.4 Å². The molecule has 0 spiro atoms. The van der Waals surface area contributed by atoms with Crippen LogP contribution in [0.15, 0.2) is 52.3 Å². The maximum absolute atomic E-state index is 13.0. The number of esters is 1. The lowest BCUT2D eigenvalue weighted by atomic mass is 9.98. The lowest BCUT2D eigenvalue weighted by Crippen LogP contribution is -2.45. The molecule has 2 aromatic carbocycles. The van der Waals surface area contributed by atoms with E-state index in [4.69, 9.17) is 4.74 Å². The Kier molecular flexibility index (Phi) is 5.57. The molecular formula is C21H21NO6S. The van der Waals surface area contributed by atoms with Gasteiger partial charge >= 0.3 is 5.97 Å². The number of amides is 1. The van der Waals surface area contributed by atoms with E-state index in [1.54, 1.807) is 13.0 Å². The number of benzene rings is 2. The minimum absolute atomic E-state index is 0.0201. The number of nitrogens with one attached hydrogen (secondary N) is 1. The minimum Gasteiger partial charge on any atom is -0.467 e. The van der Waals surface area contributed by atoms with Crippen molar-refractivity contribution in [3.8, 4) is 0 Å². The number of sulfone groups is 1. The van der Waals surface area contributed by atoms with E-state index >= 15 is 0 Å². The van der Waals surface area contributed by atoms with Crippen LogP contribution in [0.1, 0.15) is 46.5 Å². The zero-order valence-corrected chi connectivity index (χ0v) is 17.1. The number of methoxy groups -OCH3 is 1. The number of hydrogen-bond acceptors (Lipinski definition) is 6. The standard InChI is InChI=1S/C21H21NO6S/c1-4-12(2)18(21(25)28-3)22-20(24)13-9-10-15-17(11-13)29(26,27)16-8-6-5-7-14(16)19(15)23/h5-12,18H,4H2,1-3H3,(H,22,24)/t12-,18-/m1/s1. The van der Waals surface area contributed by atoms with Crippen LogP contribution in [0.4, 0.5) is 0 Å². The molecule has 0 bridgehead atoms. The SMILES string of the molecule is CC[C@@H](C)[C@@H](NC(=O)c1ccc2c(c1)S(=O)(=O)c1ccccc1C2=O)C(=O)OC. The second kappa shape index (κ2) is 7.79. The van der Waals surface area contributed by atoms with Gasteiger partial charge < -0.3 is 10.1 Å². The Balaban J connectivity index is 2.01. The lowest BCUT2D eigenvalue weighted by Gasteiger charge is -2.23. The van der Waals surface area contributed by atoms with Gasteiger partial charge in [0.15, 0.2) is 5.78 Å². The molecule has 2 aromatic rings. The molecular weight excluding hydrogens is 394 g/mol. The fraction of sp³-hybridized carbons (Fsp3) is 0.286. The third kappa shape index (κ3) is 3.55. The molecule has 1 N–H and O–H groups in total. The van der Waals surface area contributed by atoms with Gasteiger partial charge in [-0.1, -0.05) is 32.4 Å². The summed E-state index contributed by atoms with van der Waals surface area (Å²) >= 11 is 0. The number of ketones is 1. The van der Waals surface area contributed by atoms with Crippen LogP contribution in [0, 0.1) is 5.92 Å². The predicted octanol–water partition coefficient (Wildman–Crippen LogP) is 2.38. The summed E-state index contributed by atoms with van der Waals surface area (Å²) < 4.78 is 30.7. The molecule has 3 rings (SSSR count). The van der Waals surface area contributed by atoms with Gasteiger partial charge in [-0.15, -0.1) is 0 Å². The summed E-state index contributed by atoms with van der Waals surface area (Å²) in [6.07, 6.45) is 0.629. The molecule has 0 saturated heterocycles. The number of hydrogen-bond donors (Lipinski definition) is 1. The van der Waals surface area contributed by atoms with Gasteiger partial charge in [-0.05, 0) is 36.2 Å². The van der Waals surface area contributed by atoms with Crippen LogP contribution in [0.5, 0.6) is 0 Å². The summed E-state index contributed by atoms with van der Waals surface area (Å²) in [6.45, 7) is 3.68. The average molecular weight is 415 g/mol. The summed E-state index contributed by atoms with van der Waals surface area (Å²) in [7, 11) is -2.72. The van der Waals surface area contributed by atoms with Crippen molar-refractivity contribution < 1.29 is 27.5 Å². The van der Waals surface area contributed by atoms with Crippen molar-refractivity contribution in [3.05, 3.63) is 59.2 Å². The van der Waals surface area contributed by atoms with Gasteiger partial charge in [0.25, 0.3) is 5.91 Å². The zero-order chi connectivity index (χ0) is 21.3. The molecule has 8 heteroatoms. The Hall–Kier alpha value is -3.00. The predicted molar refractivity (Wildman–Crippen MR) is 104 cm³/mol. The molecule has 29 heavy (non-hydrogen) atoms. The van der Waals surface area contributed by atoms with Crippen molar-refractivity contribution in [2.45, 2.75) is 36.1 Å². The van der Waals surface area contributed by atoms with E-state index in [0.717, 1.165) is 0 Å². The van der Waals surface area contributed by atoms with E-state index in [1.165, 1.54) is 43.5 Å². The average Bonchev–Trinajstić information content (AvgIpc) is 2.74. The van der Waals surface area contributed by atoms with Crippen LogP contribution >= 0.6 is 0 Å². The zero-order valence-electron chi connectivity index (χ0n) is 16.3. The molecule has 0 unspecified atom stereocenters. The van der Waals surface area contributed by atoms with Crippen LogP contribution in [0.25, 0.3) is 0 Å². The Morgan fingerprint density at radius 3 is 2.38 bits per heavy atom. The quantitative estimate of drug-likeness (QED) is 0.641. The summed E-state index contributed by atoms with van der Waals surface area (Å²) in [5.74, 6) is -1.79. The molecule has 0 aromatic heterocycles. The van der Waals surface area contributed by atoms with Gasteiger partial charge in [0.05, 0.1) is 16.9 Å². The smallest absolute Gasteiger partial charge is 0.328 e. The Bertz CT molecular complexity index is 1110. The normalized spacial score (nSPS) is 16.2. The maximum Gasteiger partial charge on any atom is 0.328 e. The second-order valence-corrected chi connectivity index (χ2v) is 8.79. The van der Waals surface area contributed by atoms with Crippen molar-refractivity contribution >= 4 is 27.5 Å². The summed E-state index contributed by atoms with van der Waals surface area (Å²) in [4.78, 5) is 37.1. The van der Waals surface area contributed by atoms with Gasteiger partial charge in [0.1, 0.15) is 6.04 Å². The number of ether oxygens (including phenoxy) is 1. The summed E-state index contributed by atoms with van der Waals surface area (Å²) in [5.41, 5.74) is 0.170.